The van der Waals surface area contributed by atoms with Gasteiger partial charge in [0.1, 0.15) is 0 Å². The van der Waals surface area contributed by atoms with E-state index in [4.69, 9.17) is 0 Å². The quantitative estimate of drug-likeness (QED) is 0.504. The number of nitrogens with zero attached hydrogens (tertiary/aromatic N) is 1. The summed E-state index contributed by atoms with van der Waals surface area (Å²) < 4.78 is 0. The second-order valence-corrected chi connectivity index (χ2v) is 4.34. The van der Waals surface area contributed by atoms with Crippen molar-refractivity contribution in [2.75, 3.05) is 6.54 Å². The van der Waals surface area contributed by atoms with E-state index in [1.165, 1.54) is 5.57 Å². The molecule has 0 aromatic rings. The maximum Gasteiger partial charge on any atom is 0.0449 e. The molecule has 1 aliphatic heterocycles. The van der Waals surface area contributed by atoms with E-state index in [1.807, 2.05) is 6.21 Å². The summed E-state index contributed by atoms with van der Waals surface area (Å²) in [5.74, 6) is 0.620. The number of hydrogen-bond donors (Lipinski definition) is 0. The first-order chi connectivity index (χ1) is 5.00. The van der Waals surface area contributed by atoms with Crippen LogP contribution in [0.4, 0.5) is 0 Å². The van der Waals surface area contributed by atoms with Gasteiger partial charge < -0.3 is 0 Å². The number of aliphatic imine (C=N–C) groups is 1. The second-order valence-electron chi connectivity index (χ2n) is 4.34. The van der Waals surface area contributed by atoms with Crippen molar-refractivity contribution in [2.45, 2.75) is 27.7 Å². The lowest BCUT2D eigenvalue weighted by Gasteiger charge is -2.23. The Kier molecular flexibility index (Phi) is 2.17. The molecule has 1 atom stereocenters. The van der Waals surface area contributed by atoms with Crippen LogP contribution in [0.15, 0.2) is 16.6 Å². The molecule has 1 rings (SSSR count). The Morgan fingerprint density at radius 1 is 1.45 bits per heavy atom. The maximum absolute atomic E-state index is 4.31. The van der Waals surface area contributed by atoms with E-state index in [1.54, 1.807) is 0 Å². The number of rotatable bonds is 0. The normalized spacial score (nSPS) is 25.1. The van der Waals surface area contributed by atoms with Gasteiger partial charge in [-0.15, -0.1) is 0 Å². The Bertz CT molecular complexity index is 193. The van der Waals surface area contributed by atoms with Crippen molar-refractivity contribution in [3.63, 3.8) is 0 Å². The summed E-state index contributed by atoms with van der Waals surface area (Å²) in [6.07, 6.45) is 4.34. The SMILES string of the molecule is CC1C=C(C(C)(C)C)C=NC1. The fourth-order valence-electron chi connectivity index (χ4n) is 1.16. The van der Waals surface area contributed by atoms with Crippen LogP contribution in [0.5, 0.6) is 0 Å². The largest absolute Gasteiger partial charge is 0.292 e. The van der Waals surface area contributed by atoms with Gasteiger partial charge in [-0.05, 0) is 16.9 Å². The van der Waals surface area contributed by atoms with E-state index < -0.39 is 0 Å². The lowest BCUT2D eigenvalue weighted by molar-refractivity contribution is 0.514. The minimum absolute atomic E-state index is 0.262. The summed E-state index contributed by atoms with van der Waals surface area (Å²) in [6, 6.07) is 0. The molecule has 0 fully saturated rings. The van der Waals surface area contributed by atoms with Gasteiger partial charge in [-0.1, -0.05) is 33.8 Å². The predicted molar refractivity (Wildman–Crippen MR) is 50.1 cm³/mol. The highest BCUT2D eigenvalue weighted by atomic mass is 14.7. The van der Waals surface area contributed by atoms with Crippen molar-refractivity contribution in [3.05, 3.63) is 11.6 Å². The van der Waals surface area contributed by atoms with E-state index >= 15 is 0 Å². The predicted octanol–water partition coefficient (Wildman–Crippen LogP) is 2.68. The zero-order valence-electron chi connectivity index (χ0n) is 7.89. The molecule has 0 bridgehead atoms. The van der Waals surface area contributed by atoms with Crippen molar-refractivity contribution in [1.29, 1.82) is 0 Å². The lowest BCUT2D eigenvalue weighted by atomic mass is 9.84. The molecule has 1 aliphatic rings. The molecule has 0 amide bonds. The molecule has 0 aromatic carbocycles. The smallest absolute Gasteiger partial charge is 0.0449 e. The maximum atomic E-state index is 4.31. The van der Waals surface area contributed by atoms with Crippen LogP contribution in [-0.2, 0) is 0 Å². The van der Waals surface area contributed by atoms with Crippen molar-refractivity contribution in [2.24, 2.45) is 16.3 Å². The van der Waals surface area contributed by atoms with Crippen LogP contribution in [0, 0.1) is 11.3 Å². The van der Waals surface area contributed by atoms with E-state index in [0.29, 0.717) is 5.92 Å². The van der Waals surface area contributed by atoms with Crippen molar-refractivity contribution in [3.8, 4) is 0 Å². The topological polar surface area (TPSA) is 12.4 Å². The van der Waals surface area contributed by atoms with Gasteiger partial charge in [-0.25, -0.2) is 0 Å². The summed E-state index contributed by atoms with van der Waals surface area (Å²) in [7, 11) is 0. The molecule has 0 aromatic heterocycles. The van der Waals surface area contributed by atoms with E-state index in [9.17, 15) is 0 Å². The summed E-state index contributed by atoms with van der Waals surface area (Å²) in [5, 5.41) is 0. The van der Waals surface area contributed by atoms with Crippen molar-refractivity contribution < 1.29 is 0 Å². The lowest BCUT2D eigenvalue weighted by Crippen LogP contribution is -2.16. The number of allylic oxidation sites excluding steroid dienone is 1. The molecular formula is C10H17N. The highest BCUT2D eigenvalue weighted by Gasteiger charge is 2.17. The Morgan fingerprint density at radius 2 is 2.09 bits per heavy atom. The van der Waals surface area contributed by atoms with Gasteiger partial charge >= 0.3 is 0 Å². The minimum Gasteiger partial charge on any atom is -0.292 e. The highest BCUT2D eigenvalue weighted by molar-refractivity contribution is 5.81. The third kappa shape index (κ3) is 2.18. The first-order valence-electron chi connectivity index (χ1n) is 4.22. The van der Waals surface area contributed by atoms with Gasteiger partial charge in [0.05, 0.1) is 0 Å². The molecule has 1 heteroatoms. The third-order valence-corrected chi connectivity index (χ3v) is 1.95. The van der Waals surface area contributed by atoms with Crippen LogP contribution >= 0.6 is 0 Å². The van der Waals surface area contributed by atoms with Crippen LogP contribution in [0.1, 0.15) is 27.7 Å². The van der Waals surface area contributed by atoms with Crippen LogP contribution in [-0.4, -0.2) is 12.8 Å². The average Bonchev–Trinajstić information content (AvgIpc) is 1.86. The standard InChI is InChI=1S/C10H17N/c1-8-5-9(7-11-6-8)10(2,3)4/h5,7-8H,6H2,1-4H3. The summed E-state index contributed by atoms with van der Waals surface area (Å²) >= 11 is 0. The molecule has 0 radical (unpaired) electrons. The van der Waals surface area contributed by atoms with Gasteiger partial charge in [0.25, 0.3) is 0 Å². The summed E-state index contributed by atoms with van der Waals surface area (Å²) in [4.78, 5) is 4.31. The molecule has 62 valence electrons. The highest BCUT2D eigenvalue weighted by Crippen LogP contribution is 2.26. The first kappa shape index (κ1) is 8.51. The van der Waals surface area contributed by atoms with E-state index in [2.05, 4.69) is 38.8 Å². The Hall–Kier alpha value is -0.590. The summed E-state index contributed by atoms with van der Waals surface area (Å²) in [6.45, 7) is 9.84. The van der Waals surface area contributed by atoms with Crippen molar-refractivity contribution in [1.82, 2.24) is 0 Å². The molecule has 1 unspecified atom stereocenters. The number of dihydropyridines is 1. The summed E-state index contributed by atoms with van der Waals surface area (Å²) in [5.41, 5.74) is 1.63. The fourth-order valence-corrected chi connectivity index (χ4v) is 1.16. The van der Waals surface area contributed by atoms with Gasteiger partial charge in [-0.2, -0.15) is 0 Å². The van der Waals surface area contributed by atoms with Gasteiger partial charge in [0, 0.05) is 12.8 Å². The molecule has 1 heterocycles. The molecule has 0 N–H and O–H groups in total. The van der Waals surface area contributed by atoms with E-state index in [-0.39, 0.29) is 5.41 Å². The van der Waals surface area contributed by atoms with E-state index in [0.717, 1.165) is 6.54 Å². The van der Waals surface area contributed by atoms with Crippen LogP contribution in [0.3, 0.4) is 0 Å². The average molecular weight is 151 g/mol. The van der Waals surface area contributed by atoms with Crippen LogP contribution in [0.2, 0.25) is 0 Å². The molecule has 0 spiro atoms. The van der Waals surface area contributed by atoms with Crippen LogP contribution < -0.4 is 0 Å². The monoisotopic (exact) mass is 151 g/mol. The molecule has 1 nitrogen and oxygen atoms in total. The third-order valence-electron chi connectivity index (χ3n) is 1.95. The molecule has 11 heavy (non-hydrogen) atoms. The minimum atomic E-state index is 0.262. The Balaban J connectivity index is 2.80. The molecule has 0 saturated heterocycles. The van der Waals surface area contributed by atoms with Gasteiger partial charge in [-0.3, -0.25) is 4.99 Å². The van der Waals surface area contributed by atoms with Crippen molar-refractivity contribution >= 4 is 6.21 Å². The second kappa shape index (κ2) is 2.80. The zero-order chi connectivity index (χ0) is 8.48. The van der Waals surface area contributed by atoms with Gasteiger partial charge in [0.15, 0.2) is 0 Å². The Morgan fingerprint density at radius 3 is 2.45 bits per heavy atom. The molecule has 0 aliphatic carbocycles. The number of hydrogen-bond acceptors (Lipinski definition) is 1. The fraction of sp³-hybridized carbons (Fsp3) is 0.700. The zero-order valence-corrected chi connectivity index (χ0v) is 7.89. The van der Waals surface area contributed by atoms with Gasteiger partial charge in [0.2, 0.25) is 0 Å². The molecule has 0 saturated carbocycles. The van der Waals surface area contributed by atoms with Crippen LogP contribution in [0.25, 0.3) is 0 Å². The Labute approximate surface area is 69.2 Å². The molecular weight excluding hydrogens is 134 g/mol. The first-order valence-corrected chi connectivity index (χ1v) is 4.22.